The van der Waals surface area contributed by atoms with Crippen molar-refractivity contribution in [1.29, 1.82) is 0 Å². The van der Waals surface area contributed by atoms with Gasteiger partial charge >= 0.3 is 11.9 Å². The van der Waals surface area contributed by atoms with Gasteiger partial charge in [0.15, 0.2) is 0 Å². The molecule has 0 amide bonds. The number of hydrogen-bond donors (Lipinski definition) is 1. The summed E-state index contributed by atoms with van der Waals surface area (Å²) < 4.78 is 17.2. The van der Waals surface area contributed by atoms with Crippen LogP contribution in [0.3, 0.4) is 0 Å². The molecule has 0 aromatic carbocycles. The van der Waals surface area contributed by atoms with Gasteiger partial charge in [0, 0.05) is 18.4 Å². The van der Waals surface area contributed by atoms with Crippen molar-refractivity contribution in [3.8, 4) is 0 Å². The Balaban J connectivity index is 1.72. The summed E-state index contributed by atoms with van der Waals surface area (Å²) in [5.41, 5.74) is -0.842. The number of carbonyl (C=O) groups excluding carboxylic acids is 2. The van der Waals surface area contributed by atoms with Crippen LogP contribution in [0.4, 0.5) is 0 Å². The minimum absolute atomic E-state index is 0.0679. The van der Waals surface area contributed by atoms with Gasteiger partial charge in [-0.3, -0.25) is 4.79 Å². The predicted molar refractivity (Wildman–Crippen MR) is 91.9 cm³/mol. The fourth-order valence-electron chi connectivity index (χ4n) is 5.05. The molecule has 2 saturated carbocycles. The molecule has 6 nitrogen and oxygen atoms in total. The topological polar surface area (TPSA) is 85.4 Å². The van der Waals surface area contributed by atoms with Gasteiger partial charge in [0.05, 0.1) is 29.5 Å². The zero-order chi connectivity index (χ0) is 19.0. The van der Waals surface area contributed by atoms with Crippen molar-refractivity contribution < 1.29 is 28.9 Å². The SMILES string of the molecule is C=C1C(=O)O[C@H]2[C@H]1[C@@H](OC(=O)[C@@H](C)CC)CC(=C)[C@]1(O)C[C@H]3O[C@@]3(C)[C@H]21. The van der Waals surface area contributed by atoms with Crippen molar-refractivity contribution in [3.05, 3.63) is 24.3 Å². The second-order valence-electron chi connectivity index (χ2n) is 8.41. The first-order chi connectivity index (χ1) is 12.1. The molecule has 26 heavy (non-hydrogen) atoms. The summed E-state index contributed by atoms with van der Waals surface area (Å²) in [4.78, 5) is 24.7. The van der Waals surface area contributed by atoms with E-state index in [2.05, 4.69) is 13.2 Å². The summed E-state index contributed by atoms with van der Waals surface area (Å²) in [6.07, 6.45) is 0.0506. The van der Waals surface area contributed by atoms with Crippen molar-refractivity contribution in [3.63, 3.8) is 0 Å². The third-order valence-corrected chi connectivity index (χ3v) is 6.94. The molecule has 0 unspecified atom stereocenters. The molecule has 0 aromatic rings. The molecule has 8 atom stereocenters. The van der Waals surface area contributed by atoms with E-state index < -0.39 is 41.2 Å². The van der Waals surface area contributed by atoms with Crippen LogP contribution in [-0.4, -0.2) is 46.6 Å². The molecule has 2 saturated heterocycles. The van der Waals surface area contributed by atoms with Crippen molar-refractivity contribution in [2.45, 2.75) is 69.5 Å². The van der Waals surface area contributed by atoms with Crippen molar-refractivity contribution >= 4 is 11.9 Å². The quantitative estimate of drug-likeness (QED) is 0.357. The number of fused-ring (bicyclic) bond motifs is 5. The van der Waals surface area contributed by atoms with Crippen LogP contribution in [0.2, 0.25) is 0 Å². The molecule has 0 aromatic heterocycles. The molecular formula is C20H26O6. The highest BCUT2D eigenvalue weighted by Gasteiger charge is 2.77. The van der Waals surface area contributed by atoms with Gasteiger partial charge in [-0.05, 0) is 18.9 Å². The Bertz CT molecular complexity index is 713. The lowest BCUT2D eigenvalue weighted by Gasteiger charge is -2.37. The van der Waals surface area contributed by atoms with E-state index in [9.17, 15) is 14.7 Å². The molecule has 2 aliphatic heterocycles. The second kappa shape index (κ2) is 5.42. The van der Waals surface area contributed by atoms with Crippen LogP contribution in [0, 0.1) is 17.8 Å². The normalized spacial score (nSPS) is 47.4. The third-order valence-electron chi connectivity index (χ3n) is 6.94. The van der Waals surface area contributed by atoms with Crippen LogP contribution in [0.5, 0.6) is 0 Å². The first kappa shape index (κ1) is 17.7. The summed E-state index contributed by atoms with van der Waals surface area (Å²) in [7, 11) is 0. The molecule has 142 valence electrons. The predicted octanol–water partition coefficient (Wildman–Crippen LogP) is 1.91. The van der Waals surface area contributed by atoms with Crippen LogP contribution in [0.15, 0.2) is 24.3 Å². The average Bonchev–Trinajstić information content (AvgIpc) is 3.05. The van der Waals surface area contributed by atoms with Crippen LogP contribution in [0.25, 0.3) is 0 Å². The van der Waals surface area contributed by atoms with Gasteiger partial charge < -0.3 is 19.3 Å². The van der Waals surface area contributed by atoms with Crippen LogP contribution < -0.4 is 0 Å². The molecule has 2 aliphatic carbocycles. The molecule has 1 N–H and O–H groups in total. The second-order valence-corrected chi connectivity index (χ2v) is 8.41. The molecule has 0 bridgehead atoms. The minimum atomic E-state index is -1.19. The highest BCUT2D eigenvalue weighted by atomic mass is 16.6. The number of epoxide rings is 1. The van der Waals surface area contributed by atoms with Crippen molar-refractivity contribution in [1.82, 2.24) is 0 Å². The molecular weight excluding hydrogens is 336 g/mol. The highest BCUT2D eigenvalue weighted by Crippen LogP contribution is 2.65. The zero-order valence-corrected chi connectivity index (χ0v) is 15.5. The van der Waals surface area contributed by atoms with Crippen molar-refractivity contribution in [2.75, 3.05) is 0 Å². The van der Waals surface area contributed by atoms with Crippen LogP contribution in [0.1, 0.15) is 40.0 Å². The van der Waals surface area contributed by atoms with Gasteiger partial charge in [0.2, 0.25) is 0 Å². The lowest BCUT2D eigenvalue weighted by Crippen LogP contribution is -2.49. The summed E-state index contributed by atoms with van der Waals surface area (Å²) in [6.45, 7) is 13.7. The number of hydrogen-bond acceptors (Lipinski definition) is 6. The maximum Gasteiger partial charge on any atom is 0.334 e. The number of rotatable bonds is 3. The molecule has 2 heterocycles. The fraction of sp³-hybridized carbons (Fsp3) is 0.700. The molecule has 4 rings (SSSR count). The van der Waals surface area contributed by atoms with Gasteiger partial charge in [-0.15, -0.1) is 0 Å². The fourth-order valence-corrected chi connectivity index (χ4v) is 5.05. The summed E-state index contributed by atoms with van der Waals surface area (Å²) in [6, 6.07) is 0. The lowest BCUT2D eigenvalue weighted by molar-refractivity contribution is -0.158. The van der Waals surface area contributed by atoms with Gasteiger partial charge in [-0.1, -0.05) is 27.0 Å². The third kappa shape index (κ3) is 2.18. The summed E-state index contributed by atoms with van der Waals surface area (Å²) in [5.74, 6) is -1.99. The lowest BCUT2D eigenvalue weighted by atomic mass is 9.75. The standard InChI is InChI=1S/C20H26O6/c1-6-9(2)17(21)24-12-7-10(3)20(23)8-13-19(5,26-13)16(20)15-14(12)11(4)18(22)25-15/h9,12-16,23H,3-4,6-8H2,1-2,5H3/t9-,12-,13+,14+,15-,16-,19+,20+/m0/s1. The number of aliphatic hydroxyl groups is 1. The van der Waals surface area contributed by atoms with E-state index in [0.29, 0.717) is 24.0 Å². The molecule has 0 radical (unpaired) electrons. The van der Waals surface area contributed by atoms with E-state index in [4.69, 9.17) is 14.2 Å². The first-order valence-corrected chi connectivity index (χ1v) is 9.32. The Morgan fingerprint density at radius 3 is 2.81 bits per heavy atom. The Kier molecular flexibility index (Phi) is 3.70. The monoisotopic (exact) mass is 362 g/mol. The summed E-state index contributed by atoms with van der Waals surface area (Å²) in [5, 5.41) is 11.4. The molecule has 0 spiro atoms. The molecule has 4 aliphatic rings. The van der Waals surface area contributed by atoms with Gasteiger partial charge in [-0.25, -0.2) is 4.79 Å². The van der Waals surface area contributed by atoms with Crippen LogP contribution in [-0.2, 0) is 23.8 Å². The van der Waals surface area contributed by atoms with Crippen LogP contribution >= 0.6 is 0 Å². The Labute approximate surface area is 153 Å². The smallest absolute Gasteiger partial charge is 0.334 e. The summed E-state index contributed by atoms with van der Waals surface area (Å²) >= 11 is 0. The van der Waals surface area contributed by atoms with Gasteiger partial charge in [0.25, 0.3) is 0 Å². The van der Waals surface area contributed by atoms with E-state index in [-0.39, 0.29) is 24.4 Å². The van der Waals surface area contributed by atoms with Crippen molar-refractivity contribution in [2.24, 2.45) is 17.8 Å². The average molecular weight is 362 g/mol. The minimum Gasteiger partial charge on any atom is -0.461 e. The van der Waals surface area contributed by atoms with E-state index in [1.54, 1.807) is 0 Å². The Morgan fingerprint density at radius 1 is 1.46 bits per heavy atom. The van der Waals surface area contributed by atoms with Gasteiger partial charge in [0.1, 0.15) is 17.8 Å². The maximum absolute atomic E-state index is 12.4. The zero-order valence-electron chi connectivity index (χ0n) is 15.5. The van der Waals surface area contributed by atoms with E-state index in [0.717, 1.165) is 0 Å². The van der Waals surface area contributed by atoms with E-state index >= 15 is 0 Å². The Hall–Kier alpha value is -1.66. The number of carbonyl (C=O) groups is 2. The molecule has 6 heteroatoms. The number of esters is 2. The van der Waals surface area contributed by atoms with E-state index in [1.807, 2.05) is 20.8 Å². The number of ether oxygens (including phenoxy) is 3. The Morgan fingerprint density at radius 2 is 2.15 bits per heavy atom. The largest absolute Gasteiger partial charge is 0.461 e. The van der Waals surface area contributed by atoms with E-state index in [1.165, 1.54) is 0 Å². The first-order valence-electron chi connectivity index (χ1n) is 9.32. The maximum atomic E-state index is 12.4. The molecule has 4 fully saturated rings. The van der Waals surface area contributed by atoms with Gasteiger partial charge in [-0.2, -0.15) is 0 Å². The highest BCUT2D eigenvalue weighted by molar-refractivity contribution is 5.91.